The van der Waals surface area contributed by atoms with Gasteiger partial charge in [0, 0.05) is 51.0 Å². The van der Waals surface area contributed by atoms with Gasteiger partial charge in [0.25, 0.3) is 0 Å². The molecule has 4 bridgehead atoms. The zero-order valence-corrected chi connectivity index (χ0v) is 27.6. The van der Waals surface area contributed by atoms with E-state index in [1.807, 2.05) is 16.4 Å². The molecule has 0 N–H and O–H groups in total. The number of rotatable bonds is 4. The van der Waals surface area contributed by atoms with Crippen LogP contribution in [0.4, 0.5) is 14.6 Å². The summed E-state index contributed by atoms with van der Waals surface area (Å²) in [5.41, 5.74) is 3.10. The maximum absolute atomic E-state index is 14.9. The van der Waals surface area contributed by atoms with Crippen molar-refractivity contribution in [2.75, 3.05) is 39.3 Å². The summed E-state index contributed by atoms with van der Waals surface area (Å²) in [6.07, 6.45) is 3.92. The van der Waals surface area contributed by atoms with Gasteiger partial charge in [-0.25, -0.2) is 33.4 Å². The molecule has 1 fully saturated rings. The fraction of sp³-hybridized carbons (Fsp3) is 0.324. The first-order valence-corrected chi connectivity index (χ1v) is 16.0. The molecule has 14 nitrogen and oxygen atoms in total. The molecule has 0 saturated carbocycles. The van der Waals surface area contributed by atoms with Crippen molar-refractivity contribution in [2.24, 2.45) is 0 Å². The fourth-order valence-corrected chi connectivity index (χ4v) is 6.94. The van der Waals surface area contributed by atoms with Crippen LogP contribution in [0.25, 0.3) is 39.0 Å². The number of carbonyl (C=O) groups is 1. The van der Waals surface area contributed by atoms with Gasteiger partial charge in [0.2, 0.25) is 5.91 Å². The number of likely N-dealkylation sites (N-methyl/N-ethyl adjacent to an activating group) is 1. The fourth-order valence-electron chi connectivity index (χ4n) is 6.94. The van der Waals surface area contributed by atoms with Crippen LogP contribution in [0.5, 0.6) is 11.8 Å². The van der Waals surface area contributed by atoms with Crippen molar-refractivity contribution in [3.8, 4) is 28.7 Å². The summed E-state index contributed by atoms with van der Waals surface area (Å²) >= 11 is 0. The van der Waals surface area contributed by atoms with Crippen molar-refractivity contribution in [3.63, 3.8) is 0 Å². The molecular formula is C34H32F2N10O4. The highest BCUT2D eigenvalue weighted by molar-refractivity contribution is 5.93. The summed E-state index contributed by atoms with van der Waals surface area (Å²) in [5, 5.41) is 5.12. The van der Waals surface area contributed by atoms with Crippen LogP contribution in [-0.4, -0.2) is 103 Å². The minimum absolute atomic E-state index is 0.0859. The Morgan fingerprint density at radius 3 is 2.66 bits per heavy atom. The monoisotopic (exact) mass is 682 g/mol. The number of anilines is 1. The number of benzene rings is 2. The van der Waals surface area contributed by atoms with E-state index in [0.29, 0.717) is 63.6 Å². The molecule has 16 heteroatoms. The lowest BCUT2D eigenvalue weighted by Gasteiger charge is -2.30. The number of amides is 1. The molecule has 0 radical (unpaired) electrons. The van der Waals surface area contributed by atoms with Crippen LogP contribution in [0.15, 0.2) is 55.1 Å². The maximum atomic E-state index is 14.9. The number of methoxy groups -OCH3 is 2. The Labute approximate surface area is 284 Å². The second-order valence-corrected chi connectivity index (χ2v) is 12.3. The number of nitrogens with zero attached hydrogens (tertiary/aromatic N) is 10. The SMILES string of the molecule is COc1cc(F)ccc1-n1ncc2c(N3C[C@@H]4C[C@H]3C(=O)N(C)C[C@H](OC)Cn3c(C)nc5cc(F)cc(c53)-c3ccnc(n3)O4)ncnc21. The van der Waals surface area contributed by atoms with E-state index in [1.54, 1.807) is 48.3 Å². The summed E-state index contributed by atoms with van der Waals surface area (Å²) < 4.78 is 50.1. The molecule has 1 amide bonds. The van der Waals surface area contributed by atoms with Gasteiger partial charge in [-0.15, -0.1) is 0 Å². The highest BCUT2D eigenvalue weighted by Crippen LogP contribution is 2.35. The van der Waals surface area contributed by atoms with Crippen LogP contribution < -0.4 is 14.4 Å². The second kappa shape index (κ2) is 12.3. The number of aromatic nitrogens is 8. The number of hydrogen-bond donors (Lipinski definition) is 0. The van der Waals surface area contributed by atoms with E-state index in [9.17, 15) is 13.6 Å². The minimum Gasteiger partial charge on any atom is -0.494 e. The van der Waals surface area contributed by atoms with Crippen LogP contribution in [-0.2, 0) is 16.1 Å². The van der Waals surface area contributed by atoms with Crippen molar-refractivity contribution >= 4 is 33.8 Å². The van der Waals surface area contributed by atoms with Gasteiger partial charge < -0.3 is 28.6 Å². The van der Waals surface area contributed by atoms with Crippen LogP contribution >= 0.6 is 0 Å². The lowest BCUT2D eigenvalue weighted by atomic mass is 10.1. The van der Waals surface area contributed by atoms with Gasteiger partial charge >= 0.3 is 6.01 Å². The lowest BCUT2D eigenvalue weighted by Crippen LogP contribution is -2.47. The Hall–Kier alpha value is -5.77. The van der Waals surface area contributed by atoms with E-state index < -0.39 is 29.9 Å². The van der Waals surface area contributed by atoms with Crippen molar-refractivity contribution in [1.29, 1.82) is 0 Å². The predicted molar refractivity (Wildman–Crippen MR) is 177 cm³/mol. The largest absolute Gasteiger partial charge is 0.494 e. The average molecular weight is 683 g/mol. The van der Waals surface area contributed by atoms with Gasteiger partial charge in [0.1, 0.15) is 53.2 Å². The first-order valence-electron chi connectivity index (χ1n) is 16.0. The highest BCUT2D eigenvalue weighted by atomic mass is 19.1. The standard InChI is InChI=1S/C34H32F2N10O4/c1-18-41-26-10-20(36)9-23-25-7-8-37-34(42-25)50-21-12-28(33(47)43(2)14-22(48-3)16-44(18)30(23)26)45(15-21)31-24-13-40-46(32(24)39-17-38-31)27-6-5-19(35)11-29(27)49-4/h5-11,13,17,21-22,28H,12,14-16H2,1-4H3/t21-,22-,28-/m0/s1. The number of imidazole rings is 1. The summed E-state index contributed by atoms with van der Waals surface area (Å²) in [4.78, 5) is 40.7. The normalized spacial score (nSPS) is 19.5. The molecule has 6 aromatic rings. The van der Waals surface area contributed by atoms with E-state index in [2.05, 4.69) is 25.0 Å². The van der Waals surface area contributed by atoms with E-state index in [1.165, 1.54) is 37.7 Å². The molecule has 3 atom stereocenters. The first kappa shape index (κ1) is 31.5. The Kier molecular flexibility index (Phi) is 7.74. The average Bonchev–Trinajstić information content (AvgIpc) is 3.82. The third kappa shape index (κ3) is 5.31. The number of hydrogen-bond acceptors (Lipinski definition) is 11. The highest BCUT2D eigenvalue weighted by Gasteiger charge is 2.42. The van der Waals surface area contributed by atoms with Crippen LogP contribution in [0, 0.1) is 18.6 Å². The smallest absolute Gasteiger partial charge is 0.317 e. The molecule has 4 aromatic heterocycles. The Morgan fingerprint density at radius 1 is 0.980 bits per heavy atom. The van der Waals surface area contributed by atoms with E-state index >= 15 is 0 Å². The third-order valence-corrected chi connectivity index (χ3v) is 9.29. The van der Waals surface area contributed by atoms with Crippen molar-refractivity contribution in [2.45, 2.75) is 38.1 Å². The number of ether oxygens (including phenoxy) is 3. The first-order chi connectivity index (χ1) is 24.2. The molecule has 8 rings (SSSR count). The van der Waals surface area contributed by atoms with Crippen molar-refractivity contribution in [3.05, 3.63) is 72.6 Å². The second-order valence-electron chi connectivity index (χ2n) is 12.3. The Balaban J connectivity index is 1.22. The molecule has 0 spiro atoms. The molecule has 50 heavy (non-hydrogen) atoms. The van der Waals surface area contributed by atoms with Gasteiger partial charge in [0.15, 0.2) is 5.65 Å². The van der Waals surface area contributed by atoms with E-state index in [4.69, 9.17) is 19.2 Å². The molecule has 2 aliphatic rings. The predicted octanol–water partition coefficient (Wildman–Crippen LogP) is 3.73. The summed E-state index contributed by atoms with van der Waals surface area (Å²) in [6.45, 7) is 2.72. The van der Waals surface area contributed by atoms with E-state index in [0.717, 1.165) is 0 Å². The summed E-state index contributed by atoms with van der Waals surface area (Å²) in [6, 6.07) is 8.06. The molecule has 2 aromatic carbocycles. The summed E-state index contributed by atoms with van der Waals surface area (Å²) in [5.74, 6) is 0.342. The topological polar surface area (TPSA) is 138 Å². The molecule has 0 aliphatic carbocycles. The minimum atomic E-state index is -0.689. The molecule has 0 unspecified atom stereocenters. The van der Waals surface area contributed by atoms with Crippen molar-refractivity contribution < 1.29 is 27.8 Å². The van der Waals surface area contributed by atoms with Gasteiger partial charge in [-0.2, -0.15) is 10.1 Å². The van der Waals surface area contributed by atoms with Gasteiger partial charge in [0.05, 0.1) is 54.6 Å². The van der Waals surface area contributed by atoms with Gasteiger partial charge in [-0.05, 0) is 31.2 Å². The Bertz CT molecular complexity index is 2280. The Morgan fingerprint density at radius 2 is 1.84 bits per heavy atom. The van der Waals surface area contributed by atoms with Crippen LogP contribution in [0.2, 0.25) is 0 Å². The van der Waals surface area contributed by atoms with E-state index in [-0.39, 0.29) is 30.8 Å². The van der Waals surface area contributed by atoms with Crippen LogP contribution in [0.3, 0.4) is 0 Å². The molecule has 2 aliphatic heterocycles. The van der Waals surface area contributed by atoms with Gasteiger partial charge in [-0.1, -0.05) is 0 Å². The van der Waals surface area contributed by atoms with Crippen molar-refractivity contribution in [1.82, 2.24) is 44.2 Å². The molecular weight excluding hydrogens is 650 g/mol. The zero-order chi connectivity index (χ0) is 34.7. The number of aryl methyl sites for hydroxylation is 1. The lowest BCUT2D eigenvalue weighted by molar-refractivity contribution is -0.133. The summed E-state index contributed by atoms with van der Waals surface area (Å²) in [7, 11) is 4.78. The number of fused-ring (bicyclic) bond motifs is 6. The molecule has 6 heterocycles. The molecule has 1 saturated heterocycles. The third-order valence-electron chi connectivity index (χ3n) is 9.29. The quantitative estimate of drug-likeness (QED) is 0.269. The molecule has 256 valence electrons. The maximum Gasteiger partial charge on any atom is 0.317 e. The van der Waals surface area contributed by atoms with Gasteiger partial charge in [-0.3, -0.25) is 4.79 Å². The van der Waals surface area contributed by atoms with Crippen LogP contribution in [0.1, 0.15) is 12.2 Å². The number of carbonyl (C=O) groups excluding carboxylic acids is 1. The number of halogens is 2. The zero-order valence-electron chi connectivity index (χ0n) is 27.6.